The summed E-state index contributed by atoms with van der Waals surface area (Å²) in [6.45, 7) is 4.69. The van der Waals surface area contributed by atoms with Gasteiger partial charge in [0.15, 0.2) is 5.13 Å². The second kappa shape index (κ2) is 11.0. The molecule has 1 fully saturated rings. The number of ether oxygens (including phenoxy) is 1. The van der Waals surface area contributed by atoms with Gasteiger partial charge in [-0.1, -0.05) is 60.9 Å². The average molecular weight is 547 g/mol. The molecule has 0 aliphatic carbocycles. The monoisotopic (exact) mass is 546 g/mol. The zero-order chi connectivity index (χ0) is 26.8. The number of rotatable bonds is 8. The molecule has 2 heterocycles. The number of carbonyl (C=O) groups excluding carboxylic acids is 2. The molecule has 1 aliphatic rings. The van der Waals surface area contributed by atoms with Crippen LogP contribution in [0.4, 0.5) is 5.13 Å². The van der Waals surface area contributed by atoms with Crippen LogP contribution in [0.3, 0.4) is 0 Å². The lowest BCUT2D eigenvalue weighted by molar-refractivity contribution is -0.132. The number of hydrogen-bond acceptors (Lipinski definition) is 6. The van der Waals surface area contributed by atoms with Gasteiger partial charge in [-0.25, -0.2) is 4.98 Å². The number of halogens is 1. The highest BCUT2D eigenvalue weighted by molar-refractivity contribution is 7.22. The summed E-state index contributed by atoms with van der Waals surface area (Å²) in [6, 6.07) is 18.8. The van der Waals surface area contributed by atoms with E-state index in [1.165, 1.54) is 16.2 Å². The Bertz CT molecular complexity index is 1540. The van der Waals surface area contributed by atoms with Crippen molar-refractivity contribution in [1.29, 1.82) is 0 Å². The topological polar surface area (TPSA) is 79.7 Å². The lowest BCUT2D eigenvalue weighted by Gasteiger charge is -2.23. The number of aryl methyl sites for hydroxylation is 1. The van der Waals surface area contributed by atoms with Gasteiger partial charge in [0.05, 0.1) is 28.4 Å². The summed E-state index contributed by atoms with van der Waals surface area (Å²) in [5.41, 5.74) is 2.84. The van der Waals surface area contributed by atoms with Gasteiger partial charge in [0.2, 0.25) is 0 Å². The van der Waals surface area contributed by atoms with Gasteiger partial charge in [0, 0.05) is 10.6 Å². The number of thiazole rings is 1. The number of Topliss-reactive ketones (excluding diaryl/α,β-unsaturated/α-hetero) is 1. The number of aromatic nitrogens is 1. The summed E-state index contributed by atoms with van der Waals surface area (Å²) >= 11 is 7.37. The number of aliphatic hydroxyl groups is 1. The van der Waals surface area contributed by atoms with Crippen LogP contribution in [0, 0.1) is 6.92 Å². The van der Waals surface area contributed by atoms with E-state index in [-0.39, 0.29) is 11.3 Å². The molecule has 0 spiro atoms. The minimum absolute atomic E-state index is 0.00380. The first-order valence-electron chi connectivity index (χ1n) is 12.5. The molecule has 8 heteroatoms. The number of nitrogens with zero attached hydrogens (tertiary/aromatic N) is 2. The van der Waals surface area contributed by atoms with E-state index < -0.39 is 17.7 Å². The molecule has 5 rings (SSSR count). The van der Waals surface area contributed by atoms with Gasteiger partial charge in [-0.3, -0.25) is 14.5 Å². The Morgan fingerprint density at radius 3 is 2.63 bits per heavy atom. The first-order valence-corrected chi connectivity index (χ1v) is 13.7. The van der Waals surface area contributed by atoms with Crippen molar-refractivity contribution in [3.05, 3.63) is 94.0 Å². The van der Waals surface area contributed by atoms with Crippen LogP contribution in [0.1, 0.15) is 48.9 Å². The highest BCUT2D eigenvalue weighted by atomic mass is 35.5. The molecular formula is C30H27ClN2O4S. The van der Waals surface area contributed by atoms with E-state index in [0.717, 1.165) is 35.0 Å². The molecule has 1 unspecified atom stereocenters. The molecular weight excluding hydrogens is 520 g/mol. The number of amides is 1. The van der Waals surface area contributed by atoms with Crippen molar-refractivity contribution in [2.24, 2.45) is 0 Å². The fourth-order valence-electron chi connectivity index (χ4n) is 4.55. The summed E-state index contributed by atoms with van der Waals surface area (Å²) in [5.74, 6) is -1.14. The third kappa shape index (κ3) is 5.04. The van der Waals surface area contributed by atoms with Crippen LogP contribution in [0.5, 0.6) is 5.75 Å². The maximum Gasteiger partial charge on any atom is 0.301 e. The number of fused-ring (bicyclic) bond motifs is 1. The Morgan fingerprint density at radius 1 is 1.08 bits per heavy atom. The molecule has 1 saturated heterocycles. The molecule has 0 radical (unpaired) electrons. The molecule has 194 valence electrons. The van der Waals surface area contributed by atoms with Gasteiger partial charge in [-0.05, 0) is 73.0 Å². The van der Waals surface area contributed by atoms with Crippen LogP contribution in [-0.4, -0.2) is 28.4 Å². The Balaban J connectivity index is 1.64. The zero-order valence-corrected chi connectivity index (χ0v) is 22.7. The number of benzene rings is 3. The van der Waals surface area contributed by atoms with Crippen LogP contribution >= 0.6 is 22.9 Å². The van der Waals surface area contributed by atoms with E-state index in [2.05, 4.69) is 11.9 Å². The smallest absolute Gasteiger partial charge is 0.301 e. The molecule has 1 atom stereocenters. The van der Waals surface area contributed by atoms with Crippen molar-refractivity contribution in [3.8, 4) is 5.75 Å². The molecule has 6 nitrogen and oxygen atoms in total. The Hall–Kier alpha value is -3.68. The van der Waals surface area contributed by atoms with Gasteiger partial charge in [-0.15, -0.1) is 0 Å². The van der Waals surface area contributed by atoms with Crippen LogP contribution in [0.15, 0.2) is 72.3 Å². The second-order valence-corrected chi connectivity index (χ2v) is 10.7. The first kappa shape index (κ1) is 25.9. The number of unbranched alkanes of at least 4 members (excludes halogenated alkanes) is 2. The molecule has 1 aromatic heterocycles. The summed E-state index contributed by atoms with van der Waals surface area (Å²) in [7, 11) is 0. The molecule has 1 N–H and O–H groups in total. The molecule has 3 aromatic carbocycles. The van der Waals surface area contributed by atoms with Crippen LogP contribution in [0.25, 0.3) is 16.0 Å². The van der Waals surface area contributed by atoms with E-state index in [0.29, 0.717) is 33.6 Å². The predicted octanol–water partition coefficient (Wildman–Crippen LogP) is 7.45. The number of ketones is 1. The normalized spacial score (nSPS) is 16.9. The van der Waals surface area contributed by atoms with E-state index in [4.69, 9.17) is 16.3 Å². The van der Waals surface area contributed by atoms with Crippen molar-refractivity contribution in [1.82, 2.24) is 4.98 Å². The van der Waals surface area contributed by atoms with Gasteiger partial charge in [-0.2, -0.15) is 0 Å². The highest BCUT2D eigenvalue weighted by Gasteiger charge is 2.48. The fraction of sp³-hybridized carbons (Fsp3) is 0.233. The number of carbonyl (C=O) groups is 2. The average Bonchev–Trinajstić information content (AvgIpc) is 3.44. The minimum Gasteiger partial charge on any atom is -0.507 e. The number of anilines is 1. The largest absolute Gasteiger partial charge is 0.507 e. The van der Waals surface area contributed by atoms with Crippen LogP contribution in [0.2, 0.25) is 5.02 Å². The molecule has 1 aliphatic heterocycles. The molecule has 4 aromatic rings. The second-order valence-electron chi connectivity index (χ2n) is 9.27. The lowest BCUT2D eigenvalue weighted by atomic mass is 9.95. The Labute approximate surface area is 230 Å². The van der Waals surface area contributed by atoms with E-state index in [1.807, 2.05) is 49.4 Å². The predicted molar refractivity (Wildman–Crippen MR) is 152 cm³/mol. The quantitative estimate of drug-likeness (QED) is 0.107. The fourth-order valence-corrected chi connectivity index (χ4v) is 5.76. The highest BCUT2D eigenvalue weighted by Crippen LogP contribution is 2.45. The van der Waals surface area contributed by atoms with Crippen molar-refractivity contribution < 1.29 is 19.4 Å². The van der Waals surface area contributed by atoms with Crippen LogP contribution < -0.4 is 9.64 Å². The van der Waals surface area contributed by atoms with Gasteiger partial charge in [0.1, 0.15) is 11.5 Å². The van der Waals surface area contributed by atoms with E-state index >= 15 is 0 Å². The Morgan fingerprint density at radius 2 is 1.87 bits per heavy atom. The molecule has 38 heavy (non-hydrogen) atoms. The third-order valence-electron chi connectivity index (χ3n) is 6.49. The van der Waals surface area contributed by atoms with Gasteiger partial charge >= 0.3 is 5.91 Å². The van der Waals surface area contributed by atoms with Crippen molar-refractivity contribution in [2.45, 2.75) is 39.2 Å². The standard InChI is InChI=1S/C30H27ClN2O4S/c1-3-4-5-15-37-22-8-6-7-20(17-22)26-25(27(34)19-10-12-21(31)13-11-19)28(35)29(36)33(26)30-32-23-14-9-18(2)16-24(23)38-30/h6-14,16-17,26,34H,3-5,15H2,1-2H3. The minimum atomic E-state index is -0.883. The summed E-state index contributed by atoms with van der Waals surface area (Å²) < 4.78 is 6.87. The van der Waals surface area contributed by atoms with Crippen molar-refractivity contribution in [2.75, 3.05) is 11.5 Å². The van der Waals surface area contributed by atoms with Crippen LogP contribution in [-0.2, 0) is 9.59 Å². The number of aliphatic hydroxyl groups excluding tert-OH is 1. The van der Waals surface area contributed by atoms with E-state index in [1.54, 1.807) is 24.3 Å². The third-order valence-corrected chi connectivity index (χ3v) is 7.76. The number of hydrogen-bond donors (Lipinski definition) is 1. The van der Waals surface area contributed by atoms with Gasteiger partial charge in [0.25, 0.3) is 5.78 Å². The maximum absolute atomic E-state index is 13.5. The summed E-state index contributed by atoms with van der Waals surface area (Å²) in [4.78, 5) is 33.0. The summed E-state index contributed by atoms with van der Waals surface area (Å²) in [6.07, 6.45) is 3.09. The Kier molecular flexibility index (Phi) is 7.49. The first-order chi connectivity index (χ1) is 18.4. The maximum atomic E-state index is 13.5. The molecule has 0 bridgehead atoms. The van der Waals surface area contributed by atoms with E-state index in [9.17, 15) is 14.7 Å². The van der Waals surface area contributed by atoms with Crippen molar-refractivity contribution >= 4 is 55.7 Å². The molecule has 1 amide bonds. The molecule has 0 saturated carbocycles. The van der Waals surface area contributed by atoms with Gasteiger partial charge < -0.3 is 9.84 Å². The SMILES string of the molecule is CCCCCOc1cccc(C2C(=C(O)c3ccc(Cl)cc3)C(=O)C(=O)N2c2nc3ccc(C)cc3s2)c1. The zero-order valence-electron chi connectivity index (χ0n) is 21.1. The summed E-state index contributed by atoms with van der Waals surface area (Å²) in [5, 5.41) is 12.2. The van der Waals surface area contributed by atoms with Crippen molar-refractivity contribution in [3.63, 3.8) is 0 Å². The lowest BCUT2D eigenvalue weighted by Crippen LogP contribution is -2.29.